The monoisotopic (exact) mass is 380 g/mol. The van der Waals surface area contributed by atoms with Crippen molar-refractivity contribution >= 4 is 22.5 Å². The number of aliphatic hydroxyl groups excluding tert-OH is 1. The summed E-state index contributed by atoms with van der Waals surface area (Å²) in [6.07, 6.45) is -4.34. The van der Waals surface area contributed by atoms with E-state index in [2.05, 4.69) is 9.97 Å². The van der Waals surface area contributed by atoms with Crippen LogP contribution in [0, 0.1) is 0 Å². The van der Waals surface area contributed by atoms with Gasteiger partial charge in [-0.3, -0.25) is 0 Å². The molecule has 0 radical (unpaired) electrons. The standard InChI is InChI=1S/C18H15F3N2O2S/c19-18(20,21)16-7-8-22-17(23-16)26-11-14(24)10-25-15-6-5-12-3-1-2-4-13(12)9-15/h1-9,14,24H,10-11H2. The lowest BCUT2D eigenvalue weighted by Gasteiger charge is -2.12. The molecular formula is C18H15F3N2O2S. The molecule has 1 atom stereocenters. The van der Waals surface area contributed by atoms with Crippen LogP contribution in [0.4, 0.5) is 13.2 Å². The molecule has 1 heterocycles. The van der Waals surface area contributed by atoms with Crippen molar-refractivity contribution in [3.63, 3.8) is 0 Å². The predicted molar refractivity (Wildman–Crippen MR) is 93.2 cm³/mol. The first-order valence-electron chi connectivity index (χ1n) is 7.74. The molecule has 26 heavy (non-hydrogen) atoms. The van der Waals surface area contributed by atoms with Gasteiger partial charge in [0.1, 0.15) is 18.1 Å². The lowest BCUT2D eigenvalue weighted by atomic mass is 10.1. The minimum Gasteiger partial charge on any atom is -0.491 e. The molecule has 1 N–H and O–H groups in total. The van der Waals surface area contributed by atoms with Crippen molar-refractivity contribution in [3.8, 4) is 5.75 Å². The number of nitrogens with zero attached hydrogens (tertiary/aromatic N) is 2. The van der Waals surface area contributed by atoms with Gasteiger partial charge in [-0.05, 0) is 29.0 Å². The van der Waals surface area contributed by atoms with Crippen LogP contribution in [-0.4, -0.2) is 33.5 Å². The average molecular weight is 380 g/mol. The lowest BCUT2D eigenvalue weighted by Crippen LogP contribution is -2.20. The van der Waals surface area contributed by atoms with Gasteiger partial charge >= 0.3 is 6.18 Å². The van der Waals surface area contributed by atoms with Crippen LogP contribution in [-0.2, 0) is 6.18 Å². The molecule has 3 aromatic rings. The van der Waals surface area contributed by atoms with E-state index in [4.69, 9.17) is 4.74 Å². The van der Waals surface area contributed by atoms with Gasteiger partial charge in [-0.25, -0.2) is 9.97 Å². The minimum absolute atomic E-state index is 0.0182. The van der Waals surface area contributed by atoms with Gasteiger partial charge in [-0.15, -0.1) is 0 Å². The molecule has 0 aliphatic carbocycles. The summed E-state index contributed by atoms with van der Waals surface area (Å²) in [7, 11) is 0. The van der Waals surface area contributed by atoms with E-state index in [1.54, 1.807) is 6.07 Å². The number of aliphatic hydroxyl groups is 1. The van der Waals surface area contributed by atoms with Gasteiger partial charge in [0, 0.05) is 11.9 Å². The average Bonchev–Trinajstić information content (AvgIpc) is 2.64. The molecule has 0 saturated heterocycles. The summed E-state index contributed by atoms with van der Waals surface area (Å²) in [5.74, 6) is 0.734. The van der Waals surface area contributed by atoms with E-state index >= 15 is 0 Å². The second kappa shape index (κ2) is 7.92. The molecular weight excluding hydrogens is 365 g/mol. The zero-order valence-electron chi connectivity index (χ0n) is 13.5. The van der Waals surface area contributed by atoms with Gasteiger partial charge in [0.15, 0.2) is 5.16 Å². The molecule has 2 aromatic carbocycles. The molecule has 0 amide bonds. The van der Waals surface area contributed by atoms with Crippen LogP contribution < -0.4 is 4.74 Å². The van der Waals surface area contributed by atoms with E-state index < -0.39 is 18.0 Å². The summed E-state index contributed by atoms with van der Waals surface area (Å²) in [6, 6.07) is 14.2. The third-order valence-electron chi connectivity index (χ3n) is 3.49. The van der Waals surface area contributed by atoms with E-state index in [0.717, 1.165) is 34.8 Å². The summed E-state index contributed by atoms with van der Waals surface area (Å²) < 4.78 is 43.4. The Morgan fingerprint density at radius 2 is 1.85 bits per heavy atom. The number of aromatic nitrogens is 2. The number of alkyl halides is 3. The fraction of sp³-hybridized carbons (Fsp3) is 0.222. The van der Waals surface area contributed by atoms with Crippen molar-refractivity contribution in [3.05, 3.63) is 60.4 Å². The maximum atomic E-state index is 12.6. The number of hydrogen-bond donors (Lipinski definition) is 1. The highest BCUT2D eigenvalue weighted by Gasteiger charge is 2.32. The number of benzene rings is 2. The van der Waals surface area contributed by atoms with Gasteiger partial charge in [0.2, 0.25) is 0 Å². The fourth-order valence-electron chi connectivity index (χ4n) is 2.24. The molecule has 8 heteroatoms. The Balaban J connectivity index is 1.53. The molecule has 0 spiro atoms. The van der Waals surface area contributed by atoms with Gasteiger partial charge in [0.05, 0.1) is 6.10 Å². The number of hydrogen-bond acceptors (Lipinski definition) is 5. The Bertz CT molecular complexity index is 889. The number of ether oxygens (including phenoxy) is 1. The molecule has 0 bridgehead atoms. The maximum absolute atomic E-state index is 12.6. The SMILES string of the molecule is OC(COc1ccc2ccccc2c1)CSc1nccc(C(F)(F)F)n1. The van der Waals surface area contributed by atoms with Crippen molar-refractivity contribution in [2.24, 2.45) is 0 Å². The Morgan fingerprint density at radius 1 is 1.08 bits per heavy atom. The summed E-state index contributed by atoms with van der Waals surface area (Å²) in [5, 5.41) is 12.1. The molecule has 1 unspecified atom stereocenters. The highest BCUT2D eigenvalue weighted by Crippen LogP contribution is 2.28. The summed E-state index contributed by atoms with van der Waals surface area (Å²) in [4.78, 5) is 7.22. The van der Waals surface area contributed by atoms with E-state index in [1.165, 1.54) is 0 Å². The Morgan fingerprint density at radius 3 is 2.62 bits per heavy atom. The molecule has 0 fully saturated rings. The Labute approximate surface area is 152 Å². The molecule has 136 valence electrons. The van der Waals surface area contributed by atoms with E-state index in [1.807, 2.05) is 36.4 Å². The third kappa shape index (κ3) is 4.86. The number of fused-ring (bicyclic) bond motifs is 1. The van der Waals surface area contributed by atoms with Gasteiger partial charge in [-0.2, -0.15) is 13.2 Å². The number of halogens is 3. The zero-order chi connectivity index (χ0) is 18.6. The van der Waals surface area contributed by atoms with Crippen LogP contribution in [0.25, 0.3) is 10.8 Å². The first-order chi connectivity index (χ1) is 12.4. The zero-order valence-corrected chi connectivity index (χ0v) is 14.3. The van der Waals surface area contributed by atoms with Crippen molar-refractivity contribution in [2.75, 3.05) is 12.4 Å². The normalized spacial score (nSPS) is 12.9. The minimum atomic E-state index is -4.52. The van der Waals surface area contributed by atoms with E-state index in [9.17, 15) is 18.3 Å². The summed E-state index contributed by atoms with van der Waals surface area (Å²) in [5.41, 5.74) is -1.00. The third-order valence-corrected chi connectivity index (χ3v) is 4.50. The van der Waals surface area contributed by atoms with Crippen LogP contribution in [0.5, 0.6) is 5.75 Å². The molecule has 1 aromatic heterocycles. The largest absolute Gasteiger partial charge is 0.491 e. The van der Waals surface area contributed by atoms with Crippen molar-refractivity contribution in [1.82, 2.24) is 9.97 Å². The van der Waals surface area contributed by atoms with Crippen LogP contribution >= 0.6 is 11.8 Å². The highest BCUT2D eigenvalue weighted by molar-refractivity contribution is 7.99. The van der Waals surface area contributed by atoms with Crippen LogP contribution in [0.2, 0.25) is 0 Å². The topological polar surface area (TPSA) is 55.2 Å². The quantitative estimate of drug-likeness (QED) is 0.514. The molecule has 0 aliphatic rings. The smallest absolute Gasteiger partial charge is 0.433 e. The van der Waals surface area contributed by atoms with Crippen molar-refractivity contribution in [1.29, 1.82) is 0 Å². The Kier molecular flexibility index (Phi) is 5.63. The van der Waals surface area contributed by atoms with Crippen molar-refractivity contribution in [2.45, 2.75) is 17.4 Å². The maximum Gasteiger partial charge on any atom is 0.433 e. The number of rotatable bonds is 6. The van der Waals surface area contributed by atoms with Gasteiger partial charge in [0.25, 0.3) is 0 Å². The van der Waals surface area contributed by atoms with Crippen molar-refractivity contribution < 1.29 is 23.0 Å². The summed E-state index contributed by atoms with van der Waals surface area (Å²) >= 11 is 0.944. The fourth-order valence-corrected chi connectivity index (χ4v) is 2.97. The summed E-state index contributed by atoms with van der Waals surface area (Å²) in [6.45, 7) is 0.0182. The number of thioether (sulfide) groups is 1. The molecule has 0 aliphatic heterocycles. The second-order valence-electron chi connectivity index (χ2n) is 5.51. The van der Waals surface area contributed by atoms with Gasteiger partial charge < -0.3 is 9.84 Å². The molecule has 3 rings (SSSR count). The lowest BCUT2D eigenvalue weighted by molar-refractivity contribution is -0.141. The first-order valence-corrected chi connectivity index (χ1v) is 8.73. The second-order valence-corrected chi connectivity index (χ2v) is 6.49. The van der Waals surface area contributed by atoms with Crippen LogP contribution in [0.3, 0.4) is 0 Å². The van der Waals surface area contributed by atoms with E-state index in [0.29, 0.717) is 5.75 Å². The highest BCUT2D eigenvalue weighted by atomic mass is 32.2. The van der Waals surface area contributed by atoms with E-state index in [-0.39, 0.29) is 17.5 Å². The Hall–Kier alpha value is -2.32. The van der Waals surface area contributed by atoms with Crippen LogP contribution in [0.15, 0.2) is 59.9 Å². The molecule has 0 saturated carbocycles. The predicted octanol–water partition coefficient (Wildman–Crippen LogP) is 4.18. The van der Waals surface area contributed by atoms with Crippen LogP contribution in [0.1, 0.15) is 5.69 Å². The first kappa shape index (κ1) is 18.5. The van der Waals surface area contributed by atoms with Gasteiger partial charge in [-0.1, -0.05) is 42.1 Å². The molecule has 4 nitrogen and oxygen atoms in total.